The fraction of sp³-hybridized carbons (Fsp3) is 0.125. The molecule has 6 nitrogen and oxygen atoms in total. The summed E-state index contributed by atoms with van der Waals surface area (Å²) in [4.78, 5) is 18.5. The molecule has 154 valence electrons. The van der Waals surface area contributed by atoms with Crippen LogP contribution in [0.2, 0.25) is 0 Å². The third-order valence-corrected chi connectivity index (χ3v) is 6.08. The molecule has 5 rings (SSSR count). The van der Waals surface area contributed by atoms with E-state index in [4.69, 9.17) is 9.26 Å². The van der Waals surface area contributed by atoms with E-state index in [-0.39, 0.29) is 12.1 Å². The lowest BCUT2D eigenvalue weighted by Crippen LogP contribution is -2.20. The van der Waals surface area contributed by atoms with Crippen molar-refractivity contribution in [2.45, 2.75) is 13.5 Å². The second-order valence-corrected chi connectivity index (χ2v) is 8.14. The molecular formula is C24H19N3O3S. The number of methoxy groups -OCH3 is 1. The van der Waals surface area contributed by atoms with Crippen LogP contribution >= 0.6 is 11.3 Å². The lowest BCUT2D eigenvalue weighted by atomic mass is 10.1. The number of aryl methyl sites for hydroxylation is 1. The van der Waals surface area contributed by atoms with Gasteiger partial charge in [0.05, 0.1) is 25.4 Å². The average molecular weight is 430 g/mol. The number of fused-ring (bicyclic) bond motifs is 1. The molecule has 0 atom stereocenters. The number of thiophene rings is 1. The molecule has 0 bridgehead atoms. The molecule has 7 heteroatoms. The predicted molar refractivity (Wildman–Crippen MR) is 122 cm³/mol. The van der Waals surface area contributed by atoms with Gasteiger partial charge in [0.15, 0.2) is 5.76 Å². The van der Waals surface area contributed by atoms with Gasteiger partial charge in [-0.1, -0.05) is 35.0 Å². The molecule has 0 saturated carbocycles. The predicted octanol–water partition coefficient (Wildman–Crippen LogP) is 5.15. The second-order valence-electron chi connectivity index (χ2n) is 7.28. The number of nitrogens with zero attached hydrogens (tertiary/aromatic N) is 3. The standard InChI is InChI=1S/C24H19N3O3S/c1-15-3-5-16(6-4-15)20-13-31-23-22(20)24(28)27(14-25-23)12-19-11-21(26-30-19)17-7-9-18(29-2)10-8-17/h3-11,13-14H,12H2,1-2H3. The summed E-state index contributed by atoms with van der Waals surface area (Å²) in [5, 5.41) is 6.77. The molecule has 0 unspecified atom stereocenters. The van der Waals surface area contributed by atoms with E-state index in [1.165, 1.54) is 16.9 Å². The summed E-state index contributed by atoms with van der Waals surface area (Å²) in [6.45, 7) is 2.30. The molecule has 3 heterocycles. The van der Waals surface area contributed by atoms with Crippen LogP contribution in [-0.4, -0.2) is 21.8 Å². The van der Waals surface area contributed by atoms with E-state index in [1.54, 1.807) is 18.0 Å². The summed E-state index contributed by atoms with van der Waals surface area (Å²) in [5.74, 6) is 1.36. The fourth-order valence-electron chi connectivity index (χ4n) is 3.48. The zero-order valence-corrected chi connectivity index (χ0v) is 17.8. The third-order valence-electron chi connectivity index (χ3n) is 5.19. The van der Waals surface area contributed by atoms with Gasteiger partial charge in [0.1, 0.15) is 16.3 Å². The van der Waals surface area contributed by atoms with Crippen LogP contribution in [0.15, 0.2) is 75.6 Å². The molecule has 0 spiro atoms. The van der Waals surface area contributed by atoms with Crippen molar-refractivity contribution >= 4 is 21.6 Å². The minimum Gasteiger partial charge on any atom is -0.497 e. The van der Waals surface area contributed by atoms with Gasteiger partial charge in [-0.3, -0.25) is 9.36 Å². The maximum Gasteiger partial charge on any atom is 0.263 e. The molecule has 2 aromatic carbocycles. The van der Waals surface area contributed by atoms with Crippen molar-refractivity contribution in [3.63, 3.8) is 0 Å². The summed E-state index contributed by atoms with van der Waals surface area (Å²) in [6, 6.07) is 17.6. The largest absolute Gasteiger partial charge is 0.497 e. The Labute approximate surface area is 182 Å². The smallest absolute Gasteiger partial charge is 0.263 e. The molecule has 31 heavy (non-hydrogen) atoms. The first kappa shape index (κ1) is 19.3. The van der Waals surface area contributed by atoms with Gasteiger partial charge in [-0.25, -0.2) is 4.98 Å². The van der Waals surface area contributed by atoms with Crippen LogP contribution in [-0.2, 0) is 6.54 Å². The Balaban J connectivity index is 1.48. The second kappa shape index (κ2) is 7.85. The van der Waals surface area contributed by atoms with Gasteiger partial charge in [0.25, 0.3) is 5.56 Å². The summed E-state index contributed by atoms with van der Waals surface area (Å²) in [5.41, 5.74) is 4.62. The minimum atomic E-state index is -0.0933. The molecule has 0 saturated heterocycles. The molecular weight excluding hydrogens is 410 g/mol. The van der Waals surface area contributed by atoms with Crippen LogP contribution in [0, 0.1) is 6.92 Å². The van der Waals surface area contributed by atoms with Crippen molar-refractivity contribution in [2.75, 3.05) is 7.11 Å². The van der Waals surface area contributed by atoms with Crippen LogP contribution in [0.3, 0.4) is 0 Å². The van der Waals surface area contributed by atoms with E-state index in [0.29, 0.717) is 16.8 Å². The van der Waals surface area contributed by atoms with Gasteiger partial charge in [0, 0.05) is 22.6 Å². The summed E-state index contributed by atoms with van der Waals surface area (Å²) in [6.07, 6.45) is 1.57. The van der Waals surface area contributed by atoms with Gasteiger partial charge < -0.3 is 9.26 Å². The Morgan fingerprint density at radius 3 is 2.55 bits per heavy atom. The van der Waals surface area contributed by atoms with E-state index < -0.39 is 0 Å². The van der Waals surface area contributed by atoms with Crippen molar-refractivity contribution in [1.82, 2.24) is 14.7 Å². The van der Waals surface area contributed by atoms with E-state index in [0.717, 1.165) is 27.3 Å². The maximum absolute atomic E-state index is 13.3. The van der Waals surface area contributed by atoms with Crippen LogP contribution in [0.25, 0.3) is 32.6 Å². The number of hydrogen-bond donors (Lipinski definition) is 0. The maximum atomic E-state index is 13.3. The highest BCUT2D eigenvalue weighted by atomic mass is 32.1. The number of ether oxygens (including phenoxy) is 1. The monoisotopic (exact) mass is 429 g/mol. The highest BCUT2D eigenvalue weighted by Crippen LogP contribution is 2.31. The van der Waals surface area contributed by atoms with Gasteiger partial charge >= 0.3 is 0 Å². The van der Waals surface area contributed by atoms with Crippen LogP contribution < -0.4 is 10.3 Å². The normalized spacial score (nSPS) is 11.2. The molecule has 0 fully saturated rings. The summed E-state index contributed by atoms with van der Waals surface area (Å²) in [7, 11) is 1.63. The molecule has 3 aromatic heterocycles. The van der Waals surface area contributed by atoms with Gasteiger partial charge in [-0.15, -0.1) is 11.3 Å². The molecule has 5 aromatic rings. The van der Waals surface area contributed by atoms with Gasteiger partial charge in [-0.05, 0) is 36.8 Å². The molecule has 0 aliphatic heterocycles. The Hall–Kier alpha value is -3.71. The minimum absolute atomic E-state index is 0.0933. The van der Waals surface area contributed by atoms with Crippen molar-refractivity contribution in [2.24, 2.45) is 0 Å². The third kappa shape index (κ3) is 3.64. The molecule has 0 N–H and O–H groups in total. The van der Waals surface area contributed by atoms with E-state index in [2.05, 4.69) is 10.1 Å². The first-order valence-electron chi connectivity index (χ1n) is 9.76. The Morgan fingerprint density at radius 1 is 1.06 bits per heavy atom. The Morgan fingerprint density at radius 2 is 1.81 bits per heavy atom. The van der Waals surface area contributed by atoms with Crippen LogP contribution in [0.5, 0.6) is 5.75 Å². The summed E-state index contributed by atoms with van der Waals surface area (Å²) < 4.78 is 12.2. The van der Waals surface area contributed by atoms with Crippen molar-refractivity contribution in [1.29, 1.82) is 0 Å². The number of benzene rings is 2. The van der Waals surface area contributed by atoms with E-state index in [1.807, 2.05) is 66.9 Å². The van der Waals surface area contributed by atoms with Crippen molar-refractivity contribution in [3.8, 4) is 28.1 Å². The van der Waals surface area contributed by atoms with Gasteiger partial charge in [-0.2, -0.15) is 0 Å². The zero-order valence-electron chi connectivity index (χ0n) is 17.0. The number of aromatic nitrogens is 3. The van der Waals surface area contributed by atoms with E-state index in [9.17, 15) is 4.79 Å². The Bertz CT molecular complexity index is 1410. The van der Waals surface area contributed by atoms with Crippen molar-refractivity contribution < 1.29 is 9.26 Å². The SMILES string of the molecule is COc1ccc(-c2cc(Cn3cnc4scc(-c5ccc(C)cc5)c4c3=O)on2)cc1. The molecule has 0 radical (unpaired) electrons. The quantitative estimate of drug-likeness (QED) is 0.387. The average Bonchev–Trinajstić information content (AvgIpc) is 3.44. The number of hydrogen-bond acceptors (Lipinski definition) is 6. The highest BCUT2D eigenvalue weighted by Gasteiger charge is 2.15. The first-order valence-corrected chi connectivity index (χ1v) is 10.6. The molecule has 0 aliphatic rings. The zero-order chi connectivity index (χ0) is 21.4. The van der Waals surface area contributed by atoms with Crippen LogP contribution in [0.1, 0.15) is 11.3 Å². The lowest BCUT2D eigenvalue weighted by molar-refractivity contribution is 0.376. The molecule has 0 aliphatic carbocycles. The Kier molecular flexibility index (Phi) is 4.88. The van der Waals surface area contributed by atoms with E-state index >= 15 is 0 Å². The fourth-order valence-corrected chi connectivity index (χ4v) is 4.39. The molecule has 0 amide bonds. The lowest BCUT2D eigenvalue weighted by Gasteiger charge is -2.04. The van der Waals surface area contributed by atoms with Crippen LogP contribution in [0.4, 0.5) is 0 Å². The topological polar surface area (TPSA) is 70.2 Å². The van der Waals surface area contributed by atoms with Gasteiger partial charge in [0.2, 0.25) is 0 Å². The highest BCUT2D eigenvalue weighted by molar-refractivity contribution is 7.17. The van der Waals surface area contributed by atoms with Crippen molar-refractivity contribution in [3.05, 3.63) is 88.0 Å². The summed E-state index contributed by atoms with van der Waals surface area (Å²) >= 11 is 1.48. The number of rotatable bonds is 5. The first-order chi connectivity index (χ1) is 15.1.